The van der Waals surface area contributed by atoms with Gasteiger partial charge in [0.2, 0.25) is 5.91 Å². The van der Waals surface area contributed by atoms with Crippen molar-refractivity contribution in [2.75, 3.05) is 30.4 Å². The predicted molar refractivity (Wildman–Crippen MR) is 168 cm³/mol. The average molecular weight is 583 g/mol. The first-order valence-electron chi connectivity index (χ1n) is 14.3. The van der Waals surface area contributed by atoms with Gasteiger partial charge in [-0.05, 0) is 65.8 Å². The van der Waals surface area contributed by atoms with Crippen LogP contribution in [0, 0.1) is 5.41 Å². The second kappa shape index (κ2) is 11.2. The molecule has 1 unspecified atom stereocenters. The van der Waals surface area contributed by atoms with Crippen LogP contribution in [0.1, 0.15) is 43.9 Å². The molecule has 1 amide bonds. The lowest BCUT2D eigenvalue weighted by molar-refractivity contribution is -0.120. The van der Waals surface area contributed by atoms with Gasteiger partial charge in [0.25, 0.3) is 0 Å². The van der Waals surface area contributed by atoms with Crippen molar-refractivity contribution in [3.63, 3.8) is 0 Å². The number of halogens is 1. The topological polar surface area (TPSA) is 86.5 Å². The van der Waals surface area contributed by atoms with E-state index in [0.717, 1.165) is 51.3 Å². The molecule has 3 aromatic carbocycles. The van der Waals surface area contributed by atoms with Crippen molar-refractivity contribution in [2.45, 2.75) is 39.2 Å². The fourth-order valence-electron chi connectivity index (χ4n) is 6.29. The third-order valence-electron chi connectivity index (χ3n) is 8.21. The number of carbonyl (C=O) groups excluding carboxylic acids is 2. The molecule has 0 spiro atoms. The number of Topliss-reactive ketones (excluding diaryl/α,β-unsaturated/α-hetero) is 1. The van der Waals surface area contributed by atoms with Gasteiger partial charge in [0.05, 0.1) is 31.1 Å². The third-order valence-corrected chi connectivity index (χ3v) is 8.55. The molecule has 0 saturated carbocycles. The van der Waals surface area contributed by atoms with Gasteiger partial charge in [-0.15, -0.1) is 0 Å². The molecule has 3 N–H and O–H groups in total. The second-order valence-corrected chi connectivity index (χ2v) is 12.3. The number of allylic oxidation sites excluding steroid dienone is 1. The number of H-pyrrole nitrogens is 1. The number of benzene rings is 3. The number of nitrogens with one attached hydrogen (secondary N) is 3. The first kappa shape index (κ1) is 27.9. The Balaban J connectivity index is 1.32. The number of ether oxygens (including phenoxy) is 1. The van der Waals surface area contributed by atoms with Crippen LogP contribution in [-0.2, 0) is 16.0 Å². The van der Waals surface area contributed by atoms with Crippen LogP contribution in [0.15, 0.2) is 84.2 Å². The third kappa shape index (κ3) is 5.37. The molecule has 1 aliphatic heterocycles. The Morgan fingerprint density at radius 1 is 1.10 bits per heavy atom. The Morgan fingerprint density at radius 2 is 1.88 bits per heavy atom. The van der Waals surface area contributed by atoms with E-state index < -0.39 is 6.04 Å². The van der Waals surface area contributed by atoms with Crippen molar-refractivity contribution in [1.29, 1.82) is 0 Å². The maximum absolute atomic E-state index is 13.9. The van der Waals surface area contributed by atoms with Crippen LogP contribution in [-0.4, -0.2) is 36.9 Å². The summed E-state index contributed by atoms with van der Waals surface area (Å²) in [6.45, 7) is 4.76. The zero-order chi connectivity index (χ0) is 29.4. The standard InChI is InChI=1S/C34H35ClN4O3/c1-34(2)17-28-32(30(40)18-34)33(23-8-4-5-9-25(23)35)39(29-11-7-6-10-27(29)38-28)20-31(41)36-15-14-21-19-37-26-13-12-22(42-3)16-24(21)26/h4-13,16,19,33,37-38H,14-15,17-18,20H2,1-3H3,(H,36,41). The second-order valence-electron chi connectivity index (χ2n) is 11.9. The number of aromatic amines is 1. The molecule has 0 radical (unpaired) electrons. The number of hydrogen-bond donors (Lipinski definition) is 3. The summed E-state index contributed by atoms with van der Waals surface area (Å²) in [5.74, 6) is 0.735. The molecule has 0 bridgehead atoms. The van der Waals surface area contributed by atoms with E-state index >= 15 is 0 Å². The van der Waals surface area contributed by atoms with Gasteiger partial charge in [0, 0.05) is 46.4 Å². The first-order chi connectivity index (χ1) is 20.2. The molecule has 0 saturated heterocycles. The van der Waals surface area contributed by atoms with Crippen molar-refractivity contribution >= 4 is 45.6 Å². The first-order valence-corrected chi connectivity index (χ1v) is 14.7. The van der Waals surface area contributed by atoms with E-state index in [1.54, 1.807) is 7.11 Å². The molecule has 1 atom stereocenters. The number of nitrogens with zero attached hydrogens (tertiary/aromatic N) is 1. The maximum Gasteiger partial charge on any atom is 0.239 e. The normalized spacial score (nSPS) is 17.8. The summed E-state index contributed by atoms with van der Waals surface area (Å²) in [4.78, 5) is 32.8. The Hall–Kier alpha value is -4.23. The summed E-state index contributed by atoms with van der Waals surface area (Å²) in [7, 11) is 1.65. The largest absolute Gasteiger partial charge is 0.497 e. The molecule has 6 rings (SSSR count). The van der Waals surface area contributed by atoms with E-state index in [0.29, 0.717) is 30.0 Å². The number of anilines is 2. The molecule has 2 heterocycles. The van der Waals surface area contributed by atoms with E-state index in [2.05, 4.69) is 29.5 Å². The molecule has 42 heavy (non-hydrogen) atoms. The van der Waals surface area contributed by atoms with Gasteiger partial charge in [-0.2, -0.15) is 0 Å². The minimum absolute atomic E-state index is 0.0593. The SMILES string of the molecule is COc1ccc2[nH]cc(CCNC(=O)CN3c4ccccc4NC4=C(C(=O)CC(C)(C)C4)C3c3ccccc3Cl)c2c1. The summed E-state index contributed by atoms with van der Waals surface area (Å²) < 4.78 is 5.39. The highest BCUT2D eigenvalue weighted by Gasteiger charge is 2.42. The quantitative estimate of drug-likeness (QED) is 0.223. The van der Waals surface area contributed by atoms with Crippen LogP contribution in [0.3, 0.4) is 0 Å². The molecule has 1 aromatic heterocycles. The number of methoxy groups -OCH3 is 1. The van der Waals surface area contributed by atoms with Crippen molar-refractivity contribution < 1.29 is 14.3 Å². The van der Waals surface area contributed by atoms with Crippen LogP contribution in [0.25, 0.3) is 10.9 Å². The molecule has 216 valence electrons. The summed E-state index contributed by atoms with van der Waals surface area (Å²) in [5, 5.41) is 8.34. The zero-order valence-electron chi connectivity index (χ0n) is 24.1. The molecule has 4 aromatic rings. The van der Waals surface area contributed by atoms with E-state index in [1.807, 2.05) is 77.8 Å². The van der Waals surface area contributed by atoms with Gasteiger partial charge >= 0.3 is 0 Å². The van der Waals surface area contributed by atoms with E-state index in [1.165, 1.54) is 0 Å². The summed E-state index contributed by atoms with van der Waals surface area (Å²) >= 11 is 6.79. The maximum atomic E-state index is 13.9. The van der Waals surface area contributed by atoms with E-state index in [4.69, 9.17) is 16.3 Å². The Morgan fingerprint density at radius 3 is 2.69 bits per heavy atom. The van der Waals surface area contributed by atoms with Crippen molar-refractivity contribution in [1.82, 2.24) is 10.3 Å². The Bertz CT molecular complexity index is 1710. The lowest BCUT2D eigenvalue weighted by atomic mass is 9.73. The molecule has 8 heteroatoms. The molecule has 0 fully saturated rings. The van der Waals surface area contributed by atoms with Crippen LogP contribution in [0.2, 0.25) is 5.02 Å². The molecule has 7 nitrogen and oxygen atoms in total. The van der Waals surface area contributed by atoms with Crippen LogP contribution in [0.5, 0.6) is 5.75 Å². The van der Waals surface area contributed by atoms with Gasteiger partial charge in [0.15, 0.2) is 5.78 Å². The van der Waals surface area contributed by atoms with Gasteiger partial charge in [-0.25, -0.2) is 0 Å². The van der Waals surface area contributed by atoms with Crippen molar-refractivity contribution in [3.8, 4) is 5.75 Å². The van der Waals surface area contributed by atoms with E-state index in [9.17, 15) is 9.59 Å². The Kier molecular flexibility index (Phi) is 7.45. The zero-order valence-corrected chi connectivity index (χ0v) is 24.8. The fourth-order valence-corrected chi connectivity index (χ4v) is 6.53. The lowest BCUT2D eigenvalue weighted by Crippen LogP contribution is -2.42. The van der Waals surface area contributed by atoms with Crippen LogP contribution < -0.4 is 20.3 Å². The van der Waals surface area contributed by atoms with Gasteiger partial charge in [0.1, 0.15) is 5.75 Å². The predicted octanol–water partition coefficient (Wildman–Crippen LogP) is 6.81. The Labute approximate surface area is 250 Å². The number of hydrogen-bond acceptors (Lipinski definition) is 5. The highest BCUT2D eigenvalue weighted by molar-refractivity contribution is 6.31. The molecule has 2 aliphatic rings. The highest BCUT2D eigenvalue weighted by atomic mass is 35.5. The molecule has 1 aliphatic carbocycles. The summed E-state index contributed by atoms with van der Waals surface area (Å²) in [5.41, 5.74) is 6.04. The number of ketones is 1. The smallest absolute Gasteiger partial charge is 0.239 e. The minimum atomic E-state index is -0.514. The minimum Gasteiger partial charge on any atom is -0.497 e. The summed E-state index contributed by atoms with van der Waals surface area (Å²) in [6, 6.07) is 20.9. The van der Waals surface area contributed by atoms with Crippen molar-refractivity contribution in [2.24, 2.45) is 5.41 Å². The van der Waals surface area contributed by atoms with Gasteiger partial charge < -0.3 is 25.3 Å². The molecular weight excluding hydrogens is 548 g/mol. The van der Waals surface area contributed by atoms with Crippen LogP contribution in [0.4, 0.5) is 11.4 Å². The number of fused-ring (bicyclic) bond motifs is 2. The number of carbonyl (C=O) groups is 2. The monoisotopic (exact) mass is 582 g/mol. The average Bonchev–Trinajstić information content (AvgIpc) is 3.30. The number of para-hydroxylation sites is 2. The number of amides is 1. The van der Waals surface area contributed by atoms with Gasteiger partial charge in [-0.1, -0.05) is 55.8 Å². The van der Waals surface area contributed by atoms with Crippen LogP contribution >= 0.6 is 11.6 Å². The summed E-state index contributed by atoms with van der Waals surface area (Å²) in [6.07, 6.45) is 3.79. The fraction of sp³-hybridized carbons (Fsp3) is 0.294. The lowest BCUT2D eigenvalue weighted by Gasteiger charge is -2.38. The van der Waals surface area contributed by atoms with Crippen molar-refractivity contribution in [3.05, 3.63) is 100 Å². The molecular formula is C34H35ClN4O3. The number of aromatic nitrogens is 1. The van der Waals surface area contributed by atoms with Gasteiger partial charge in [-0.3, -0.25) is 9.59 Å². The van der Waals surface area contributed by atoms with E-state index in [-0.39, 0.29) is 23.7 Å². The highest BCUT2D eigenvalue weighted by Crippen LogP contribution is 2.49. The number of rotatable bonds is 7.